The Bertz CT molecular complexity index is 950. The SMILES string of the molecule is Cc1cccc(C)c1P(O)(O)(O)c1c(C)ccc(-c2ccccc2)c1C. The van der Waals surface area contributed by atoms with Gasteiger partial charge in [-0.05, 0) is 0 Å². The van der Waals surface area contributed by atoms with Gasteiger partial charge < -0.3 is 0 Å². The topological polar surface area (TPSA) is 60.7 Å². The summed E-state index contributed by atoms with van der Waals surface area (Å²) in [5.74, 6) is 0. The molecular weight excluding hydrogens is 343 g/mol. The van der Waals surface area contributed by atoms with Crippen molar-refractivity contribution < 1.29 is 14.7 Å². The molecule has 0 spiro atoms. The first kappa shape index (κ1) is 18.8. The summed E-state index contributed by atoms with van der Waals surface area (Å²) in [6, 6.07) is 19.0. The van der Waals surface area contributed by atoms with Crippen LogP contribution in [-0.2, 0) is 0 Å². The predicted octanol–water partition coefficient (Wildman–Crippen LogP) is 3.81. The van der Waals surface area contributed by atoms with Gasteiger partial charge in [0.05, 0.1) is 0 Å². The summed E-state index contributed by atoms with van der Waals surface area (Å²) < 4.78 is 0. The molecule has 3 N–H and O–H groups in total. The Balaban J connectivity index is 2.36. The Morgan fingerprint density at radius 2 is 1.12 bits per heavy atom. The quantitative estimate of drug-likeness (QED) is 0.616. The van der Waals surface area contributed by atoms with Gasteiger partial charge in [0.1, 0.15) is 0 Å². The van der Waals surface area contributed by atoms with Gasteiger partial charge in [0, 0.05) is 0 Å². The maximum absolute atomic E-state index is 11.4. The minimum absolute atomic E-state index is 0.231. The fourth-order valence-electron chi connectivity index (χ4n) is 3.97. The summed E-state index contributed by atoms with van der Waals surface area (Å²) in [4.78, 5) is 34.1. The third kappa shape index (κ3) is 2.98. The molecule has 0 unspecified atom stereocenters. The zero-order valence-corrected chi connectivity index (χ0v) is 16.5. The number of benzene rings is 3. The molecule has 0 saturated carbocycles. The van der Waals surface area contributed by atoms with Crippen LogP contribution in [0.25, 0.3) is 11.1 Å². The van der Waals surface area contributed by atoms with E-state index in [2.05, 4.69) is 0 Å². The van der Waals surface area contributed by atoms with Crippen molar-refractivity contribution in [1.82, 2.24) is 0 Å². The van der Waals surface area contributed by atoms with Crippen LogP contribution >= 0.6 is 7.28 Å². The van der Waals surface area contributed by atoms with E-state index in [9.17, 15) is 14.7 Å². The summed E-state index contributed by atoms with van der Waals surface area (Å²) in [5.41, 5.74) is 4.53. The molecule has 0 heterocycles. The van der Waals surface area contributed by atoms with E-state index in [0.717, 1.165) is 11.1 Å². The summed E-state index contributed by atoms with van der Waals surface area (Å²) in [7, 11) is -5.30. The average Bonchev–Trinajstić information content (AvgIpc) is 2.54. The van der Waals surface area contributed by atoms with Gasteiger partial charge in [-0.15, -0.1) is 0 Å². The van der Waals surface area contributed by atoms with Gasteiger partial charge in [-0.2, -0.15) is 0 Å². The van der Waals surface area contributed by atoms with Gasteiger partial charge in [0.25, 0.3) is 0 Å². The van der Waals surface area contributed by atoms with E-state index in [4.69, 9.17) is 0 Å². The fourth-order valence-corrected chi connectivity index (χ4v) is 7.10. The Morgan fingerprint density at radius 1 is 0.577 bits per heavy atom. The molecule has 26 heavy (non-hydrogen) atoms. The number of rotatable bonds is 3. The molecule has 0 radical (unpaired) electrons. The second kappa shape index (κ2) is 6.29. The van der Waals surface area contributed by atoms with Crippen LogP contribution in [0.3, 0.4) is 0 Å². The van der Waals surface area contributed by atoms with E-state index in [-0.39, 0.29) is 10.6 Å². The van der Waals surface area contributed by atoms with E-state index >= 15 is 0 Å². The third-order valence-corrected chi connectivity index (χ3v) is 8.02. The van der Waals surface area contributed by atoms with Crippen molar-refractivity contribution in [3.05, 3.63) is 82.9 Å². The second-order valence-electron chi connectivity index (χ2n) is 6.99. The first-order chi connectivity index (χ1) is 12.1. The first-order valence-electron chi connectivity index (χ1n) is 8.61. The van der Waals surface area contributed by atoms with Crippen molar-refractivity contribution >= 4 is 17.9 Å². The molecule has 0 aliphatic rings. The van der Waals surface area contributed by atoms with Crippen molar-refractivity contribution in [3.63, 3.8) is 0 Å². The van der Waals surface area contributed by atoms with Crippen molar-refractivity contribution in [3.8, 4) is 11.1 Å². The summed E-state index contributed by atoms with van der Waals surface area (Å²) in [6.07, 6.45) is 0. The zero-order valence-electron chi connectivity index (χ0n) is 15.6. The van der Waals surface area contributed by atoms with Crippen LogP contribution in [0.1, 0.15) is 22.3 Å². The van der Waals surface area contributed by atoms with Crippen LogP contribution in [-0.4, -0.2) is 14.7 Å². The molecule has 3 rings (SSSR count). The van der Waals surface area contributed by atoms with Crippen LogP contribution in [0.4, 0.5) is 0 Å². The van der Waals surface area contributed by atoms with Crippen LogP contribution in [0.5, 0.6) is 0 Å². The summed E-state index contributed by atoms with van der Waals surface area (Å²) in [5, 5.41) is 0.463. The number of hydrogen-bond donors (Lipinski definition) is 3. The third-order valence-electron chi connectivity index (χ3n) is 4.98. The van der Waals surface area contributed by atoms with E-state index < -0.39 is 7.28 Å². The summed E-state index contributed by atoms with van der Waals surface area (Å²) in [6.45, 7) is 7.22. The van der Waals surface area contributed by atoms with Gasteiger partial charge in [0.2, 0.25) is 0 Å². The molecule has 3 nitrogen and oxygen atoms in total. The zero-order chi connectivity index (χ0) is 19.1. The molecule has 0 amide bonds. The van der Waals surface area contributed by atoms with E-state index in [1.807, 2.05) is 55.5 Å². The average molecular weight is 368 g/mol. The van der Waals surface area contributed by atoms with Gasteiger partial charge >= 0.3 is 154 Å². The van der Waals surface area contributed by atoms with Gasteiger partial charge in [0.15, 0.2) is 0 Å². The Hall–Kier alpha value is -2.03. The molecule has 0 aromatic heterocycles. The van der Waals surface area contributed by atoms with Crippen LogP contribution in [0.15, 0.2) is 60.7 Å². The molecule has 0 saturated heterocycles. The fraction of sp³-hybridized carbons (Fsp3) is 0.182. The summed E-state index contributed by atoms with van der Waals surface area (Å²) >= 11 is 0. The van der Waals surface area contributed by atoms with Crippen LogP contribution in [0, 0.1) is 27.7 Å². The van der Waals surface area contributed by atoms with Gasteiger partial charge in [-0.25, -0.2) is 0 Å². The first-order valence-corrected chi connectivity index (χ1v) is 10.7. The molecular formula is C22H25O3P. The number of hydrogen-bond acceptors (Lipinski definition) is 3. The van der Waals surface area contributed by atoms with Crippen molar-refractivity contribution in [2.24, 2.45) is 0 Å². The maximum atomic E-state index is 11.4. The van der Waals surface area contributed by atoms with Gasteiger partial charge in [-0.3, -0.25) is 0 Å². The molecule has 4 heteroatoms. The molecule has 3 aromatic carbocycles. The minimum atomic E-state index is -5.30. The Kier molecular flexibility index (Phi) is 4.54. The van der Waals surface area contributed by atoms with Crippen LogP contribution < -0.4 is 10.6 Å². The van der Waals surface area contributed by atoms with Crippen molar-refractivity contribution in [1.29, 1.82) is 0 Å². The molecule has 0 atom stereocenters. The molecule has 136 valence electrons. The van der Waals surface area contributed by atoms with Crippen LogP contribution in [0.2, 0.25) is 0 Å². The molecule has 0 fully saturated rings. The van der Waals surface area contributed by atoms with Gasteiger partial charge in [-0.1, -0.05) is 0 Å². The Labute approximate surface area is 154 Å². The Morgan fingerprint density at radius 3 is 1.69 bits per heavy atom. The van der Waals surface area contributed by atoms with E-state index in [1.165, 1.54) is 0 Å². The van der Waals surface area contributed by atoms with Crippen molar-refractivity contribution in [2.45, 2.75) is 27.7 Å². The second-order valence-corrected chi connectivity index (χ2v) is 9.84. The molecule has 0 aliphatic carbocycles. The van der Waals surface area contributed by atoms with Crippen molar-refractivity contribution in [2.75, 3.05) is 0 Å². The molecule has 0 bridgehead atoms. The van der Waals surface area contributed by atoms with E-state index in [1.54, 1.807) is 32.9 Å². The predicted molar refractivity (Wildman–Crippen MR) is 110 cm³/mol. The standard InChI is InChI=1S/C22H25O3P/c1-15-9-8-10-16(2)21(15)26(23,24,25)22-17(3)13-14-20(18(22)4)19-11-6-5-7-12-19/h5-14,23-25H,1-4H3. The monoisotopic (exact) mass is 368 g/mol. The normalized spacial score (nSPS) is 13.3. The van der Waals surface area contributed by atoms with E-state index in [0.29, 0.717) is 22.3 Å². The number of aryl methyl sites for hydroxylation is 3. The molecule has 3 aromatic rings. The molecule has 0 aliphatic heterocycles.